The van der Waals surface area contributed by atoms with Gasteiger partial charge in [-0.15, -0.1) is 0 Å². The molecule has 0 saturated heterocycles. The zero-order valence-electron chi connectivity index (χ0n) is 5.35. The Kier molecular flexibility index (Phi) is 257. The first-order chi connectivity index (χ1) is 2.00. The number of hydrogen-bond acceptors (Lipinski definition) is 4. The summed E-state index contributed by atoms with van der Waals surface area (Å²) in [6, 6.07) is 0. The van der Waals surface area contributed by atoms with Crippen molar-refractivity contribution < 1.29 is 47.5 Å². The van der Waals surface area contributed by atoms with Crippen LogP contribution in [0.25, 0.3) is 0 Å². The fourth-order valence-corrected chi connectivity index (χ4v) is 0. The van der Waals surface area contributed by atoms with Gasteiger partial charge in [0.15, 0.2) is 0 Å². The molecule has 0 saturated carbocycles. The van der Waals surface area contributed by atoms with E-state index in [4.69, 9.17) is 19.2 Å². The third kappa shape index (κ3) is 5890. The van der Waals surface area contributed by atoms with Crippen LogP contribution in [-0.2, 0) is 4.57 Å². The fourth-order valence-electron chi connectivity index (χ4n) is 0. The third-order valence-electron chi connectivity index (χ3n) is 0. The molecule has 0 amide bonds. The van der Waals surface area contributed by atoms with Crippen LogP contribution in [0.5, 0.6) is 0 Å². The van der Waals surface area contributed by atoms with Crippen LogP contribution in [0, 0.1) is 0 Å². The van der Waals surface area contributed by atoms with Gasteiger partial charge in [-0.1, -0.05) is 0 Å². The second-order valence-electron chi connectivity index (χ2n) is 0.447. The topological polar surface area (TPSA) is 123 Å². The standard InChI is InChI=1S/6FH.H3N.H3O4P/c;;;;;;;1-5(2,3)4/h6*1H;1H3;(H3,1,2,3,4)/p-8. The van der Waals surface area contributed by atoms with Crippen molar-refractivity contribution in [3.63, 3.8) is 0 Å². The molecule has 0 aliphatic rings. The first kappa shape index (κ1) is 99.2. The van der Waals surface area contributed by atoms with Crippen molar-refractivity contribution in [2.75, 3.05) is 0 Å². The quantitative estimate of drug-likeness (QED) is 0.326. The first-order valence-electron chi connectivity index (χ1n) is 0.730. The molecule has 5 nitrogen and oxygen atoms in total. The van der Waals surface area contributed by atoms with E-state index >= 15 is 0 Å². The zero-order valence-corrected chi connectivity index (χ0v) is 6.24. The Labute approximate surface area is 62.8 Å². The molecule has 0 aromatic heterocycles. The van der Waals surface area contributed by atoms with E-state index in [9.17, 15) is 0 Å². The predicted octanol–water partition coefficient (Wildman–Crippen LogP) is -20.4. The second-order valence-corrected chi connectivity index (χ2v) is 1.34. The summed E-state index contributed by atoms with van der Waals surface area (Å²) in [6.07, 6.45) is 0. The summed E-state index contributed by atoms with van der Waals surface area (Å²) in [7, 11) is -5.39. The lowest BCUT2D eigenvalue weighted by Gasteiger charge is -2.36. The van der Waals surface area contributed by atoms with E-state index in [1.807, 2.05) is 0 Å². The van der Waals surface area contributed by atoms with Crippen LogP contribution in [-0.4, -0.2) is 0 Å². The van der Waals surface area contributed by atoms with Crippen molar-refractivity contribution >= 4 is 7.82 Å². The maximum absolute atomic E-state index is 8.55. The van der Waals surface area contributed by atoms with Crippen LogP contribution in [0.4, 0.5) is 0 Å². The van der Waals surface area contributed by atoms with Crippen LogP contribution in [0.15, 0.2) is 0 Å². The summed E-state index contributed by atoms with van der Waals surface area (Å²) < 4.78 is 8.55. The molecule has 0 aliphatic heterocycles. The molecule has 0 rings (SSSR count). The Morgan fingerprint density at radius 2 is 0.667 bits per heavy atom. The molecule has 12 heteroatoms. The van der Waals surface area contributed by atoms with Crippen molar-refractivity contribution in [3.8, 4) is 0 Å². The monoisotopic (exact) mass is 227 g/mol. The summed E-state index contributed by atoms with van der Waals surface area (Å²) in [6.45, 7) is 0. The molecular weight excluding hydrogens is 223 g/mol. The lowest BCUT2D eigenvalue weighted by molar-refractivity contribution is -0.432. The molecule has 0 aliphatic carbocycles. The van der Waals surface area contributed by atoms with Gasteiger partial charge in [0.1, 0.15) is 0 Å². The van der Waals surface area contributed by atoms with Gasteiger partial charge >= 0.3 is 0 Å². The van der Waals surface area contributed by atoms with Gasteiger partial charge in [-0.05, 0) is 0 Å². The SMILES string of the molecule is O=P([O-])([O-])[O-].[F-].[F-].[F-].[F-].[F-].[F-].[NH4+]. The summed E-state index contributed by atoms with van der Waals surface area (Å²) in [5, 5.41) is 0. The van der Waals surface area contributed by atoms with Crippen LogP contribution in [0.3, 0.4) is 0 Å². The van der Waals surface area contributed by atoms with Gasteiger partial charge in [0, 0.05) is 0 Å². The molecule has 0 radical (unpaired) electrons. The van der Waals surface area contributed by atoms with E-state index in [1.165, 1.54) is 0 Å². The van der Waals surface area contributed by atoms with E-state index in [-0.39, 0.29) is 34.4 Å². The molecule has 0 bridgehead atoms. The average Bonchev–Trinajstić information content (AvgIpc) is 0.722. The van der Waals surface area contributed by atoms with Gasteiger partial charge in [-0.3, -0.25) is 0 Å². The Bertz CT molecular complexity index is 65.7. The van der Waals surface area contributed by atoms with E-state index in [2.05, 4.69) is 0 Å². The van der Waals surface area contributed by atoms with Gasteiger partial charge in [0.05, 0.1) is 0 Å². The van der Waals surface area contributed by atoms with Gasteiger partial charge in [-0.25, -0.2) is 0 Å². The number of phosphoric acid groups is 1. The van der Waals surface area contributed by atoms with Crippen molar-refractivity contribution in [2.45, 2.75) is 0 Å². The van der Waals surface area contributed by atoms with Gasteiger partial charge in [0.25, 0.3) is 0 Å². The number of hydrogen-bond donors (Lipinski definition) is 1. The smallest absolute Gasteiger partial charge is 0.159 e. The zero-order chi connectivity index (χ0) is 4.50. The molecular formula is H4F6NO4P-8. The highest BCUT2D eigenvalue weighted by atomic mass is 31.2. The Hall–Kier alpha value is -0.350. The van der Waals surface area contributed by atoms with Crippen LogP contribution in [0.2, 0.25) is 0 Å². The summed E-state index contributed by atoms with van der Waals surface area (Å²) >= 11 is 0. The van der Waals surface area contributed by atoms with Gasteiger partial charge in [0.2, 0.25) is 0 Å². The first-order valence-corrected chi connectivity index (χ1v) is 2.19. The van der Waals surface area contributed by atoms with Crippen molar-refractivity contribution in [3.05, 3.63) is 0 Å². The molecule has 0 aromatic rings. The average molecular weight is 227 g/mol. The maximum Gasteiger partial charge on any atom is -0.159 e. The lowest BCUT2D eigenvalue weighted by Crippen LogP contribution is -3.00. The van der Waals surface area contributed by atoms with E-state index in [1.54, 1.807) is 0 Å². The molecule has 0 fully saturated rings. The Balaban J connectivity index is -0.00000000381. The van der Waals surface area contributed by atoms with E-state index < -0.39 is 7.82 Å². The summed E-state index contributed by atoms with van der Waals surface area (Å²) in [4.78, 5) is 25.6. The largest absolute Gasteiger partial charge is 1.00 e. The van der Waals surface area contributed by atoms with Crippen LogP contribution >= 0.6 is 7.82 Å². The molecule has 88 valence electrons. The van der Waals surface area contributed by atoms with Gasteiger partial charge in [-0.2, -0.15) is 7.82 Å². The molecule has 0 spiro atoms. The molecule has 4 N–H and O–H groups in total. The Morgan fingerprint density at radius 1 is 0.667 bits per heavy atom. The van der Waals surface area contributed by atoms with Gasteiger partial charge < -0.3 is 53.6 Å². The highest BCUT2D eigenvalue weighted by Crippen LogP contribution is 2.03. The van der Waals surface area contributed by atoms with Crippen molar-refractivity contribution in [2.24, 2.45) is 0 Å². The minimum Gasteiger partial charge on any atom is -1.00 e. The predicted molar refractivity (Wildman–Crippen MR) is 13.6 cm³/mol. The number of rotatable bonds is 0. The number of quaternary nitrogens is 1. The highest BCUT2D eigenvalue weighted by Gasteiger charge is 1.44. The van der Waals surface area contributed by atoms with Crippen molar-refractivity contribution in [1.82, 2.24) is 6.15 Å². The summed E-state index contributed by atoms with van der Waals surface area (Å²) in [5.74, 6) is 0. The highest BCUT2D eigenvalue weighted by molar-refractivity contribution is 7.40. The maximum atomic E-state index is 8.55. The summed E-state index contributed by atoms with van der Waals surface area (Å²) in [5.41, 5.74) is 0. The second kappa shape index (κ2) is 31.1. The van der Waals surface area contributed by atoms with E-state index in [0.29, 0.717) is 0 Å². The van der Waals surface area contributed by atoms with Crippen molar-refractivity contribution in [1.29, 1.82) is 0 Å². The lowest BCUT2D eigenvalue weighted by atomic mass is 14.0. The Morgan fingerprint density at radius 3 is 0.667 bits per heavy atom. The minimum atomic E-state index is -5.39. The minimum absolute atomic E-state index is 0. The molecule has 0 unspecified atom stereocenters. The van der Waals surface area contributed by atoms with E-state index in [0.717, 1.165) is 0 Å². The molecule has 0 atom stereocenters. The fraction of sp³-hybridized carbons (Fsp3) is 0. The normalized spacial score (nSPS) is 4.92. The molecule has 0 heterocycles. The molecule has 12 heavy (non-hydrogen) atoms. The van der Waals surface area contributed by atoms with Crippen LogP contribution < -0.4 is 49.1 Å². The molecule has 0 aromatic carbocycles. The number of halogens is 6. The van der Waals surface area contributed by atoms with Crippen LogP contribution in [0.1, 0.15) is 0 Å². The third-order valence-corrected chi connectivity index (χ3v) is 0.